The van der Waals surface area contributed by atoms with E-state index < -0.39 is 71.9 Å². The number of alkyl halides is 2. The van der Waals surface area contributed by atoms with Crippen LogP contribution in [-0.4, -0.2) is 111 Å². The molecule has 0 aliphatic carbocycles. The first-order valence-corrected chi connectivity index (χ1v) is 23.6. The normalized spacial score (nSPS) is 20.6. The second-order valence-corrected chi connectivity index (χ2v) is 16.6. The van der Waals surface area contributed by atoms with Crippen LogP contribution in [0.15, 0.2) is 60.7 Å². The van der Waals surface area contributed by atoms with Crippen molar-refractivity contribution in [3.05, 3.63) is 71.8 Å². The van der Waals surface area contributed by atoms with Gasteiger partial charge in [-0.2, -0.15) is 8.78 Å². The summed E-state index contributed by atoms with van der Waals surface area (Å²) in [6.07, 6.45) is 1.42. The van der Waals surface area contributed by atoms with Crippen LogP contribution in [0.2, 0.25) is 0 Å². The maximum absolute atomic E-state index is 17.0. The minimum Gasteiger partial charge on any atom is -0.459 e. The van der Waals surface area contributed by atoms with Gasteiger partial charge in [0.25, 0.3) is 5.91 Å². The van der Waals surface area contributed by atoms with Gasteiger partial charge in [-0.3, -0.25) is 9.59 Å². The number of amides is 3. The molecule has 1 fully saturated rings. The number of alkyl carbamates (subject to hydrolysis) is 1. The van der Waals surface area contributed by atoms with Gasteiger partial charge in [0.05, 0.1) is 6.61 Å². The lowest BCUT2D eigenvalue weighted by Gasteiger charge is -2.53. The van der Waals surface area contributed by atoms with E-state index in [0.29, 0.717) is 26.1 Å². The molecule has 0 aromatic heterocycles. The van der Waals surface area contributed by atoms with Crippen LogP contribution in [0, 0.1) is 0 Å². The Morgan fingerprint density at radius 3 is 1.83 bits per heavy atom. The van der Waals surface area contributed by atoms with Crippen LogP contribution in [0.25, 0.3) is 0 Å². The van der Waals surface area contributed by atoms with Crippen LogP contribution in [-0.2, 0) is 60.8 Å². The lowest BCUT2D eigenvalue weighted by Crippen LogP contribution is -2.74. The molecule has 0 radical (unpaired) electrons. The minimum absolute atomic E-state index is 0.00526. The van der Waals surface area contributed by atoms with Crippen LogP contribution in [0.5, 0.6) is 0 Å². The monoisotopic (exact) mass is 920 g/mol. The first kappa shape index (κ1) is 55.1. The summed E-state index contributed by atoms with van der Waals surface area (Å²) in [5.74, 6) is -7.05. The smallest absolute Gasteiger partial charge is 0.408 e. The molecule has 3 N–H and O–H groups in total. The van der Waals surface area contributed by atoms with Crippen LogP contribution in [0.3, 0.4) is 0 Å². The Kier molecular flexibility index (Phi) is 25.6. The van der Waals surface area contributed by atoms with Crippen LogP contribution in [0.4, 0.5) is 13.6 Å². The summed E-state index contributed by atoms with van der Waals surface area (Å²) in [6, 6.07) is 15.8. The third kappa shape index (κ3) is 18.2. The lowest BCUT2D eigenvalue weighted by molar-refractivity contribution is -0.338. The zero-order valence-corrected chi connectivity index (χ0v) is 39.4. The first-order valence-electron chi connectivity index (χ1n) is 23.6. The van der Waals surface area contributed by atoms with Gasteiger partial charge in [0.1, 0.15) is 49.7 Å². The van der Waals surface area contributed by atoms with Gasteiger partial charge in [0.2, 0.25) is 5.91 Å². The first-order chi connectivity index (χ1) is 31.3. The standard InChI is InChI=1S/C49H75F2N3O11/c1-7-11-29-59-35-40-41(60-30-12-8-2)42(61-31-13-9-3)43(62-32-14-10-4)48(6,65-40)49(50,51)46(57)52-28-22-21-27-39(54-47(58)64-34-38-25-19-16-20-26-38)44(55)53-36(5)45(56)63-33-37-23-17-15-18-24-37/h15-20,23-26,36,39-43H,7-14,21-22,27-35H2,1-6H3,(H,52,57)(H,53,55)(H,54,58)/t36-,39-,40+,41-,42-,43+,48+/m0/s1. The van der Waals surface area contributed by atoms with Gasteiger partial charge in [-0.25, -0.2) is 9.59 Å². The predicted molar refractivity (Wildman–Crippen MR) is 242 cm³/mol. The SMILES string of the molecule is CCCCOC[C@H]1O[C@@](C)(C(F)(F)C(=O)NCCCC[C@H](NC(=O)OCc2ccccc2)C(=O)N[C@@H](C)C(=O)OCc2ccccc2)[C@H](OCCCC)[C@@H](OCCCC)[C@H]1OCCCC. The van der Waals surface area contributed by atoms with Crippen molar-refractivity contribution in [1.82, 2.24) is 16.0 Å². The molecule has 1 saturated heterocycles. The molecule has 1 aliphatic heterocycles. The number of hydrogen-bond acceptors (Lipinski definition) is 11. The Balaban J connectivity index is 1.75. The average Bonchev–Trinajstić information content (AvgIpc) is 3.30. The Hall–Kier alpha value is -4.22. The fourth-order valence-corrected chi connectivity index (χ4v) is 7.11. The molecule has 1 aliphatic rings. The number of ether oxygens (including phenoxy) is 7. The van der Waals surface area contributed by atoms with Crippen molar-refractivity contribution in [2.24, 2.45) is 0 Å². The third-order valence-corrected chi connectivity index (χ3v) is 11.1. The van der Waals surface area contributed by atoms with E-state index in [-0.39, 0.29) is 58.8 Å². The molecule has 2 aromatic carbocycles. The van der Waals surface area contributed by atoms with Gasteiger partial charge in [-0.1, -0.05) is 114 Å². The van der Waals surface area contributed by atoms with E-state index in [2.05, 4.69) is 16.0 Å². The highest BCUT2D eigenvalue weighted by Crippen LogP contribution is 2.45. The molecule has 3 amide bonds. The molecule has 3 rings (SSSR count). The lowest BCUT2D eigenvalue weighted by atomic mass is 9.80. The van der Waals surface area contributed by atoms with E-state index in [4.69, 9.17) is 33.2 Å². The molecule has 14 nitrogen and oxygen atoms in total. The quantitative estimate of drug-likeness (QED) is 0.0481. The summed E-state index contributed by atoms with van der Waals surface area (Å²) in [5, 5.41) is 7.53. The largest absolute Gasteiger partial charge is 0.459 e. The topological polar surface area (TPSA) is 169 Å². The average molecular weight is 920 g/mol. The van der Waals surface area contributed by atoms with Crippen molar-refractivity contribution in [2.75, 3.05) is 39.6 Å². The molecule has 2 aromatic rings. The van der Waals surface area contributed by atoms with Crippen molar-refractivity contribution < 1.29 is 61.1 Å². The zero-order chi connectivity index (χ0) is 47.5. The fraction of sp³-hybridized carbons (Fsp3) is 0.673. The highest BCUT2D eigenvalue weighted by molar-refractivity contribution is 5.89. The van der Waals surface area contributed by atoms with E-state index in [1.54, 1.807) is 36.4 Å². The van der Waals surface area contributed by atoms with Gasteiger partial charge in [0.15, 0.2) is 5.60 Å². The number of unbranched alkanes of at least 4 members (excludes halogenated alkanes) is 5. The zero-order valence-electron chi connectivity index (χ0n) is 39.4. The number of halogens is 2. The predicted octanol–water partition coefficient (Wildman–Crippen LogP) is 7.98. The molecular weight excluding hydrogens is 845 g/mol. The molecule has 0 unspecified atom stereocenters. The van der Waals surface area contributed by atoms with E-state index in [9.17, 15) is 19.2 Å². The van der Waals surface area contributed by atoms with Crippen molar-refractivity contribution in [2.45, 2.75) is 173 Å². The number of benzene rings is 2. The summed E-state index contributed by atoms with van der Waals surface area (Å²) < 4.78 is 75.9. The second kappa shape index (κ2) is 30.1. The Labute approximate surface area is 384 Å². The number of nitrogens with one attached hydrogen (secondary N) is 3. The van der Waals surface area contributed by atoms with Crippen LogP contribution < -0.4 is 16.0 Å². The molecule has 7 atom stereocenters. The Bertz CT molecular complexity index is 1660. The number of esters is 1. The maximum atomic E-state index is 17.0. The molecule has 0 bridgehead atoms. The Morgan fingerprint density at radius 1 is 0.708 bits per heavy atom. The van der Waals surface area contributed by atoms with E-state index >= 15 is 8.78 Å². The van der Waals surface area contributed by atoms with Gasteiger partial charge in [-0.15, -0.1) is 0 Å². The highest BCUT2D eigenvalue weighted by atomic mass is 19.3. The summed E-state index contributed by atoms with van der Waals surface area (Å²) in [4.78, 5) is 52.9. The number of carbonyl (C=O) groups excluding carboxylic acids is 4. The van der Waals surface area contributed by atoms with E-state index in [0.717, 1.165) is 49.7 Å². The molecule has 1 heterocycles. The van der Waals surface area contributed by atoms with Crippen LogP contribution >= 0.6 is 0 Å². The third-order valence-electron chi connectivity index (χ3n) is 11.1. The number of carbonyl (C=O) groups is 4. The minimum atomic E-state index is -4.12. The maximum Gasteiger partial charge on any atom is 0.408 e. The summed E-state index contributed by atoms with van der Waals surface area (Å²) >= 11 is 0. The van der Waals surface area contributed by atoms with E-state index in [1.807, 2.05) is 52.0 Å². The summed E-state index contributed by atoms with van der Waals surface area (Å²) in [5.41, 5.74) is -0.992. The molecule has 0 saturated carbocycles. The molecular formula is C49H75F2N3O11. The summed E-state index contributed by atoms with van der Waals surface area (Å²) in [7, 11) is 0. The van der Waals surface area contributed by atoms with Gasteiger partial charge in [-0.05, 0) is 69.9 Å². The molecule has 366 valence electrons. The van der Waals surface area contributed by atoms with E-state index in [1.165, 1.54) is 13.8 Å². The molecule has 65 heavy (non-hydrogen) atoms. The van der Waals surface area contributed by atoms with Crippen molar-refractivity contribution >= 4 is 23.9 Å². The number of hydrogen-bond donors (Lipinski definition) is 3. The second-order valence-electron chi connectivity index (χ2n) is 16.6. The van der Waals surface area contributed by atoms with Crippen molar-refractivity contribution in [3.63, 3.8) is 0 Å². The fourth-order valence-electron chi connectivity index (χ4n) is 7.11. The number of rotatable bonds is 32. The summed E-state index contributed by atoms with van der Waals surface area (Å²) in [6.45, 7) is 11.6. The van der Waals surface area contributed by atoms with Gasteiger partial charge in [0, 0.05) is 33.0 Å². The highest BCUT2D eigenvalue weighted by Gasteiger charge is 2.68. The van der Waals surface area contributed by atoms with Gasteiger partial charge < -0.3 is 49.1 Å². The van der Waals surface area contributed by atoms with Gasteiger partial charge >= 0.3 is 18.0 Å². The Morgan fingerprint density at radius 2 is 1.25 bits per heavy atom. The van der Waals surface area contributed by atoms with Crippen molar-refractivity contribution in [3.8, 4) is 0 Å². The molecule has 16 heteroatoms. The van der Waals surface area contributed by atoms with Crippen LogP contribution in [0.1, 0.15) is 123 Å². The van der Waals surface area contributed by atoms with Crippen molar-refractivity contribution in [1.29, 1.82) is 0 Å². The molecule has 0 spiro atoms.